The van der Waals surface area contributed by atoms with Crippen molar-refractivity contribution in [2.75, 3.05) is 20.1 Å². The van der Waals surface area contributed by atoms with E-state index in [0.29, 0.717) is 12.3 Å². The molecule has 1 unspecified atom stereocenters. The molecule has 2 aromatic rings. The van der Waals surface area contributed by atoms with E-state index in [9.17, 15) is 9.59 Å². The first-order valence-electron chi connectivity index (χ1n) is 10.5. The first kappa shape index (κ1) is 21.1. The summed E-state index contributed by atoms with van der Waals surface area (Å²) in [5.74, 6) is 0.670. The van der Waals surface area contributed by atoms with Gasteiger partial charge in [-0.05, 0) is 49.3 Å². The van der Waals surface area contributed by atoms with Crippen molar-refractivity contribution in [3.8, 4) is 0 Å². The third-order valence-electron chi connectivity index (χ3n) is 6.18. The predicted molar refractivity (Wildman–Crippen MR) is 113 cm³/mol. The molecule has 3 rings (SSSR count). The van der Waals surface area contributed by atoms with Gasteiger partial charge in [0, 0.05) is 45.0 Å². The van der Waals surface area contributed by atoms with Crippen LogP contribution in [0.4, 0.5) is 0 Å². The van der Waals surface area contributed by atoms with Crippen LogP contribution >= 0.6 is 0 Å². The molecule has 0 saturated carbocycles. The Morgan fingerprint density at radius 1 is 1.21 bits per heavy atom. The lowest BCUT2D eigenvalue weighted by Crippen LogP contribution is -2.49. The molecule has 1 aromatic carbocycles. The van der Waals surface area contributed by atoms with Gasteiger partial charge < -0.3 is 9.80 Å². The summed E-state index contributed by atoms with van der Waals surface area (Å²) in [5, 5.41) is 4.17. The second kappa shape index (κ2) is 9.72. The number of nitrogens with zero attached hydrogens (tertiary/aromatic N) is 4. The Bertz CT molecular complexity index is 810. The molecule has 0 spiro atoms. The van der Waals surface area contributed by atoms with Crippen molar-refractivity contribution in [1.82, 2.24) is 19.6 Å². The molecule has 0 aliphatic carbocycles. The van der Waals surface area contributed by atoms with Gasteiger partial charge in [-0.15, -0.1) is 0 Å². The standard InChI is InChI=1S/C23H32N4O2/c1-4-22(28)26-14-10-19(11-15-26)21(16-20-9-6-5-8-18(20)2)25(3)23(29)17-27-13-7-12-24-27/h5-9,12-13,19,21H,4,10-11,14-17H2,1-3H3. The fourth-order valence-corrected chi connectivity index (χ4v) is 4.27. The van der Waals surface area contributed by atoms with E-state index in [1.54, 1.807) is 10.9 Å². The highest BCUT2D eigenvalue weighted by Gasteiger charge is 2.32. The molecule has 0 bridgehead atoms. The number of likely N-dealkylation sites (tertiary alicyclic amines) is 1. The van der Waals surface area contributed by atoms with Gasteiger partial charge in [-0.25, -0.2) is 0 Å². The SMILES string of the molecule is CCC(=O)N1CCC(C(Cc2ccccc2C)N(C)C(=O)Cn2cccn2)CC1. The smallest absolute Gasteiger partial charge is 0.244 e. The largest absolute Gasteiger partial charge is 0.343 e. The van der Waals surface area contributed by atoms with Crippen LogP contribution in [0.1, 0.15) is 37.3 Å². The van der Waals surface area contributed by atoms with Crippen LogP contribution in [0, 0.1) is 12.8 Å². The molecule has 6 nitrogen and oxygen atoms in total. The van der Waals surface area contributed by atoms with E-state index in [0.717, 1.165) is 32.4 Å². The lowest BCUT2D eigenvalue weighted by atomic mass is 9.84. The molecule has 1 aliphatic rings. The van der Waals surface area contributed by atoms with Gasteiger partial charge >= 0.3 is 0 Å². The topological polar surface area (TPSA) is 58.4 Å². The van der Waals surface area contributed by atoms with Gasteiger partial charge in [-0.1, -0.05) is 31.2 Å². The van der Waals surface area contributed by atoms with E-state index >= 15 is 0 Å². The quantitative estimate of drug-likeness (QED) is 0.723. The Kier molecular flexibility index (Phi) is 7.07. The van der Waals surface area contributed by atoms with Crippen LogP contribution in [-0.4, -0.2) is 57.6 Å². The molecule has 1 aromatic heterocycles. The number of amides is 2. The Labute approximate surface area is 173 Å². The molecule has 2 heterocycles. The maximum absolute atomic E-state index is 13.0. The van der Waals surface area contributed by atoms with E-state index < -0.39 is 0 Å². The normalized spacial score (nSPS) is 15.9. The second-order valence-corrected chi connectivity index (χ2v) is 7.98. The lowest BCUT2D eigenvalue weighted by molar-refractivity contribution is -0.136. The molecule has 0 N–H and O–H groups in total. The molecule has 1 aliphatic heterocycles. The Hall–Kier alpha value is -2.63. The van der Waals surface area contributed by atoms with Crippen LogP contribution in [0.5, 0.6) is 0 Å². The Morgan fingerprint density at radius 2 is 1.93 bits per heavy atom. The third-order valence-corrected chi connectivity index (χ3v) is 6.18. The van der Waals surface area contributed by atoms with E-state index in [-0.39, 0.29) is 24.4 Å². The molecule has 29 heavy (non-hydrogen) atoms. The van der Waals surface area contributed by atoms with Crippen molar-refractivity contribution < 1.29 is 9.59 Å². The average molecular weight is 397 g/mol. The summed E-state index contributed by atoms with van der Waals surface area (Å²) in [5.41, 5.74) is 2.53. The minimum atomic E-state index is 0.0688. The predicted octanol–water partition coefficient (Wildman–Crippen LogP) is 2.91. The zero-order valence-electron chi connectivity index (χ0n) is 17.8. The molecular weight excluding hydrogens is 364 g/mol. The minimum absolute atomic E-state index is 0.0688. The van der Waals surface area contributed by atoms with Crippen LogP contribution < -0.4 is 0 Å². The van der Waals surface area contributed by atoms with Crippen molar-refractivity contribution >= 4 is 11.8 Å². The number of carbonyl (C=O) groups is 2. The maximum atomic E-state index is 13.0. The van der Waals surface area contributed by atoms with E-state index in [4.69, 9.17) is 0 Å². The van der Waals surface area contributed by atoms with Gasteiger partial charge in [0.05, 0.1) is 0 Å². The monoisotopic (exact) mass is 396 g/mol. The summed E-state index contributed by atoms with van der Waals surface area (Å²) in [6, 6.07) is 10.3. The summed E-state index contributed by atoms with van der Waals surface area (Å²) in [6.07, 6.45) is 6.76. The van der Waals surface area contributed by atoms with E-state index in [1.165, 1.54) is 11.1 Å². The number of piperidine rings is 1. The fraction of sp³-hybridized carbons (Fsp3) is 0.522. The zero-order valence-corrected chi connectivity index (χ0v) is 17.8. The number of rotatable bonds is 7. The van der Waals surface area contributed by atoms with E-state index in [1.807, 2.05) is 36.0 Å². The minimum Gasteiger partial charge on any atom is -0.343 e. The molecule has 1 atom stereocenters. The van der Waals surface area contributed by atoms with Crippen molar-refractivity contribution in [1.29, 1.82) is 0 Å². The van der Waals surface area contributed by atoms with Gasteiger partial charge in [-0.2, -0.15) is 5.10 Å². The number of hydrogen-bond donors (Lipinski definition) is 0. The van der Waals surface area contributed by atoms with Crippen LogP contribution in [0.2, 0.25) is 0 Å². The van der Waals surface area contributed by atoms with Crippen LogP contribution in [-0.2, 0) is 22.6 Å². The fourth-order valence-electron chi connectivity index (χ4n) is 4.27. The third kappa shape index (κ3) is 5.25. The van der Waals surface area contributed by atoms with Crippen molar-refractivity contribution in [2.45, 2.75) is 52.1 Å². The number of aromatic nitrogens is 2. The van der Waals surface area contributed by atoms with Crippen LogP contribution in [0.3, 0.4) is 0 Å². The molecule has 156 valence electrons. The summed E-state index contributed by atoms with van der Waals surface area (Å²) in [6.45, 7) is 5.85. The highest BCUT2D eigenvalue weighted by Crippen LogP contribution is 2.27. The average Bonchev–Trinajstić information content (AvgIpc) is 3.25. The van der Waals surface area contributed by atoms with Gasteiger partial charge in [0.1, 0.15) is 6.54 Å². The van der Waals surface area contributed by atoms with Crippen LogP contribution in [0.15, 0.2) is 42.7 Å². The van der Waals surface area contributed by atoms with Gasteiger partial charge in [0.25, 0.3) is 0 Å². The van der Waals surface area contributed by atoms with E-state index in [2.05, 4.69) is 36.3 Å². The molecule has 0 radical (unpaired) electrons. The first-order chi connectivity index (χ1) is 14.0. The van der Waals surface area contributed by atoms with Gasteiger partial charge in [-0.3, -0.25) is 14.3 Å². The lowest BCUT2D eigenvalue weighted by Gasteiger charge is -2.40. The van der Waals surface area contributed by atoms with Crippen molar-refractivity contribution in [3.05, 3.63) is 53.9 Å². The highest BCUT2D eigenvalue weighted by atomic mass is 16.2. The maximum Gasteiger partial charge on any atom is 0.244 e. The Balaban J connectivity index is 1.75. The first-order valence-corrected chi connectivity index (χ1v) is 10.5. The summed E-state index contributed by atoms with van der Waals surface area (Å²) < 4.78 is 1.67. The summed E-state index contributed by atoms with van der Waals surface area (Å²) in [7, 11) is 1.92. The molecular formula is C23H32N4O2. The highest BCUT2D eigenvalue weighted by molar-refractivity contribution is 5.76. The van der Waals surface area contributed by atoms with Gasteiger partial charge in [0.2, 0.25) is 11.8 Å². The molecule has 2 amide bonds. The number of likely N-dealkylation sites (N-methyl/N-ethyl adjacent to an activating group) is 1. The molecule has 1 saturated heterocycles. The second-order valence-electron chi connectivity index (χ2n) is 7.98. The number of hydrogen-bond acceptors (Lipinski definition) is 3. The number of carbonyl (C=O) groups excluding carboxylic acids is 2. The van der Waals surface area contributed by atoms with Crippen LogP contribution in [0.25, 0.3) is 0 Å². The van der Waals surface area contributed by atoms with Gasteiger partial charge in [0.15, 0.2) is 0 Å². The molecule has 1 fully saturated rings. The molecule has 6 heteroatoms. The summed E-state index contributed by atoms with van der Waals surface area (Å²) in [4.78, 5) is 28.9. The van der Waals surface area contributed by atoms with Crippen molar-refractivity contribution in [3.63, 3.8) is 0 Å². The zero-order chi connectivity index (χ0) is 20.8. The number of benzene rings is 1. The number of aryl methyl sites for hydroxylation is 1. The Morgan fingerprint density at radius 3 is 2.55 bits per heavy atom. The van der Waals surface area contributed by atoms with Crippen molar-refractivity contribution in [2.24, 2.45) is 5.92 Å². The summed E-state index contributed by atoms with van der Waals surface area (Å²) >= 11 is 0.